The molecule has 96 valence electrons. The van der Waals surface area contributed by atoms with Crippen molar-refractivity contribution in [3.63, 3.8) is 0 Å². The van der Waals surface area contributed by atoms with Crippen LogP contribution in [-0.4, -0.2) is 40.7 Å². The van der Waals surface area contributed by atoms with Gasteiger partial charge < -0.3 is 5.11 Å². The molecule has 1 N–H and O–H groups in total. The van der Waals surface area contributed by atoms with Crippen LogP contribution in [0.1, 0.15) is 0 Å². The van der Waals surface area contributed by atoms with Gasteiger partial charge in [0.05, 0.1) is 5.03 Å². The normalized spacial score (nSPS) is 10.9. The molecule has 9 heteroatoms. The Morgan fingerprint density at radius 2 is 2.32 bits per heavy atom. The summed E-state index contributed by atoms with van der Waals surface area (Å²) in [7, 11) is 0. The molecule has 3 aromatic rings. The number of tetrazole rings is 1. The van der Waals surface area contributed by atoms with Crippen LogP contribution in [-0.2, 0) is 11.3 Å². The Labute approximate surface area is 111 Å². The topological polar surface area (TPSA) is 98.2 Å². The maximum atomic E-state index is 10.7. The first-order valence-electron chi connectivity index (χ1n) is 5.32. The molecule has 0 saturated heterocycles. The number of carboxylic acids is 1. The molecule has 0 aliphatic carbocycles. The zero-order chi connectivity index (χ0) is 13.2. The molecule has 0 saturated carbocycles. The number of rotatable bonds is 4. The van der Waals surface area contributed by atoms with Crippen molar-refractivity contribution in [3.05, 3.63) is 30.6 Å². The molecule has 19 heavy (non-hydrogen) atoms. The van der Waals surface area contributed by atoms with Crippen molar-refractivity contribution in [2.45, 2.75) is 16.7 Å². The number of carbonyl (C=O) groups is 1. The Hall–Kier alpha value is -2.42. The van der Waals surface area contributed by atoms with Crippen LogP contribution in [0.25, 0.3) is 5.65 Å². The van der Waals surface area contributed by atoms with Crippen molar-refractivity contribution in [2.75, 3.05) is 0 Å². The van der Waals surface area contributed by atoms with Gasteiger partial charge in [0.2, 0.25) is 5.16 Å². The molecular weight excluding hydrogens is 268 g/mol. The molecule has 0 aromatic carbocycles. The van der Waals surface area contributed by atoms with E-state index in [2.05, 4.69) is 20.5 Å². The molecule has 0 aliphatic heterocycles. The minimum Gasteiger partial charge on any atom is -0.480 e. The van der Waals surface area contributed by atoms with Gasteiger partial charge in [0.1, 0.15) is 12.2 Å². The van der Waals surface area contributed by atoms with Gasteiger partial charge in [-0.2, -0.15) is 0 Å². The Morgan fingerprint density at radius 1 is 1.42 bits per heavy atom. The summed E-state index contributed by atoms with van der Waals surface area (Å²) >= 11 is 1.28. The van der Waals surface area contributed by atoms with Crippen molar-refractivity contribution in [2.24, 2.45) is 0 Å². The van der Waals surface area contributed by atoms with Gasteiger partial charge in [0.15, 0.2) is 0 Å². The molecule has 0 unspecified atom stereocenters. The van der Waals surface area contributed by atoms with Crippen LogP contribution in [0.3, 0.4) is 0 Å². The van der Waals surface area contributed by atoms with Crippen molar-refractivity contribution in [3.8, 4) is 0 Å². The Morgan fingerprint density at radius 3 is 3.16 bits per heavy atom. The van der Waals surface area contributed by atoms with Gasteiger partial charge in [-0.25, -0.2) is 9.67 Å². The number of aliphatic carboxylic acids is 1. The second kappa shape index (κ2) is 4.69. The van der Waals surface area contributed by atoms with Gasteiger partial charge in [0.25, 0.3) is 0 Å². The van der Waals surface area contributed by atoms with Gasteiger partial charge in [-0.15, -0.1) is 5.10 Å². The van der Waals surface area contributed by atoms with E-state index in [4.69, 9.17) is 5.11 Å². The van der Waals surface area contributed by atoms with Crippen LogP contribution in [0.4, 0.5) is 0 Å². The standard InChI is InChI=1S/C10H8N6O2S/c17-9(18)6-16-10(12-13-14-16)19-8-3-1-2-7-11-4-5-15(7)8/h1-5H,6H2,(H,17,18). The third-order valence-corrected chi connectivity index (χ3v) is 3.39. The highest BCUT2D eigenvalue weighted by Gasteiger charge is 2.12. The highest BCUT2D eigenvalue weighted by atomic mass is 32.2. The number of hydrogen-bond acceptors (Lipinski definition) is 6. The predicted molar refractivity (Wildman–Crippen MR) is 64.8 cm³/mol. The second-order valence-electron chi connectivity index (χ2n) is 3.63. The maximum absolute atomic E-state index is 10.7. The van der Waals surface area contributed by atoms with Gasteiger partial charge in [-0.1, -0.05) is 6.07 Å². The molecular formula is C10H8N6O2S. The summed E-state index contributed by atoms with van der Waals surface area (Å²) in [5.74, 6) is -0.991. The first kappa shape index (κ1) is 11.7. The minimum atomic E-state index is -0.991. The number of imidazole rings is 1. The highest BCUT2D eigenvalue weighted by molar-refractivity contribution is 7.99. The summed E-state index contributed by atoms with van der Waals surface area (Å²) in [4.78, 5) is 14.9. The predicted octanol–water partition coefficient (Wildman–Crippen LogP) is 0.557. The number of aromatic nitrogens is 6. The summed E-state index contributed by atoms with van der Waals surface area (Å²) in [5, 5.41) is 21.0. The van der Waals surface area contributed by atoms with E-state index in [1.807, 2.05) is 28.8 Å². The molecule has 0 aliphatic rings. The lowest BCUT2D eigenvalue weighted by molar-refractivity contribution is -0.138. The third kappa shape index (κ3) is 2.27. The first-order valence-corrected chi connectivity index (χ1v) is 6.13. The largest absolute Gasteiger partial charge is 0.480 e. The molecule has 3 heterocycles. The van der Waals surface area contributed by atoms with Crippen LogP contribution in [0.15, 0.2) is 40.8 Å². The Kier molecular flexibility index (Phi) is 2.88. The van der Waals surface area contributed by atoms with Crippen LogP contribution in [0, 0.1) is 0 Å². The maximum Gasteiger partial charge on any atom is 0.325 e. The van der Waals surface area contributed by atoms with Crippen LogP contribution >= 0.6 is 11.8 Å². The number of pyridine rings is 1. The van der Waals surface area contributed by atoms with Gasteiger partial charge in [-0.05, 0) is 34.3 Å². The smallest absolute Gasteiger partial charge is 0.325 e. The molecule has 3 rings (SSSR count). The van der Waals surface area contributed by atoms with E-state index in [1.165, 1.54) is 16.4 Å². The number of fused-ring (bicyclic) bond motifs is 1. The zero-order valence-electron chi connectivity index (χ0n) is 9.54. The van der Waals surface area contributed by atoms with E-state index in [-0.39, 0.29) is 6.54 Å². The summed E-state index contributed by atoms with van der Waals surface area (Å²) in [5.41, 5.74) is 0.808. The number of carboxylic acid groups (broad SMARTS) is 1. The Balaban J connectivity index is 1.95. The minimum absolute atomic E-state index is 0.269. The van der Waals surface area contributed by atoms with Gasteiger partial charge in [-0.3, -0.25) is 9.20 Å². The summed E-state index contributed by atoms with van der Waals surface area (Å²) in [6.45, 7) is -0.269. The van der Waals surface area contributed by atoms with Crippen molar-refractivity contribution >= 4 is 23.4 Å². The van der Waals surface area contributed by atoms with E-state index >= 15 is 0 Å². The van der Waals surface area contributed by atoms with E-state index in [0.29, 0.717) is 5.16 Å². The lowest BCUT2D eigenvalue weighted by Crippen LogP contribution is -2.11. The first-order chi connectivity index (χ1) is 9.24. The average Bonchev–Trinajstić information content (AvgIpc) is 2.99. The third-order valence-electron chi connectivity index (χ3n) is 2.37. The lowest BCUT2D eigenvalue weighted by atomic mass is 10.5. The quantitative estimate of drug-likeness (QED) is 0.743. The summed E-state index contributed by atoms with van der Waals surface area (Å²) in [6, 6.07) is 5.64. The van der Waals surface area contributed by atoms with Crippen molar-refractivity contribution in [1.29, 1.82) is 0 Å². The SMILES string of the molecule is O=C(O)Cn1nnnc1Sc1cccc2nccn12. The molecule has 3 aromatic heterocycles. The van der Waals surface area contributed by atoms with Crippen LogP contribution < -0.4 is 0 Å². The molecule has 0 radical (unpaired) electrons. The highest BCUT2D eigenvalue weighted by Crippen LogP contribution is 2.25. The van der Waals surface area contributed by atoms with Crippen LogP contribution in [0.2, 0.25) is 0 Å². The van der Waals surface area contributed by atoms with E-state index in [1.54, 1.807) is 6.20 Å². The summed E-state index contributed by atoms with van der Waals surface area (Å²) < 4.78 is 3.12. The number of hydrogen-bond donors (Lipinski definition) is 1. The number of nitrogens with zero attached hydrogens (tertiary/aromatic N) is 6. The second-order valence-corrected chi connectivity index (χ2v) is 4.62. The van der Waals surface area contributed by atoms with Crippen LogP contribution in [0.5, 0.6) is 0 Å². The van der Waals surface area contributed by atoms with E-state index < -0.39 is 5.97 Å². The van der Waals surface area contributed by atoms with E-state index in [0.717, 1.165) is 10.7 Å². The van der Waals surface area contributed by atoms with Crippen molar-refractivity contribution < 1.29 is 9.90 Å². The zero-order valence-corrected chi connectivity index (χ0v) is 10.4. The summed E-state index contributed by atoms with van der Waals surface area (Å²) in [6.07, 6.45) is 3.52. The Bertz CT molecular complexity index is 736. The fourth-order valence-electron chi connectivity index (χ4n) is 1.60. The fourth-order valence-corrected chi connectivity index (χ4v) is 2.47. The average molecular weight is 276 g/mol. The molecule has 0 amide bonds. The molecule has 8 nitrogen and oxygen atoms in total. The van der Waals surface area contributed by atoms with E-state index in [9.17, 15) is 4.79 Å². The van der Waals surface area contributed by atoms with Gasteiger partial charge >= 0.3 is 5.97 Å². The molecule has 0 atom stereocenters. The molecule has 0 fully saturated rings. The molecule has 0 bridgehead atoms. The van der Waals surface area contributed by atoms with Crippen molar-refractivity contribution in [1.82, 2.24) is 29.6 Å². The fraction of sp³-hybridized carbons (Fsp3) is 0.100. The van der Waals surface area contributed by atoms with Gasteiger partial charge in [0, 0.05) is 12.4 Å². The molecule has 0 spiro atoms. The monoisotopic (exact) mass is 276 g/mol. The lowest BCUT2D eigenvalue weighted by Gasteiger charge is -2.04.